The van der Waals surface area contributed by atoms with Crippen molar-refractivity contribution in [2.75, 3.05) is 20.1 Å². The predicted molar refractivity (Wildman–Crippen MR) is 72.1 cm³/mol. The Bertz CT molecular complexity index is 432. The number of amides is 1. The molecule has 2 rings (SSSR count). The molecule has 0 radical (unpaired) electrons. The fourth-order valence-electron chi connectivity index (χ4n) is 2.39. The Morgan fingerprint density at radius 1 is 1.56 bits per heavy atom. The van der Waals surface area contributed by atoms with Crippen LogP contribution in [0.3, 0.4) is 0 Å². The zero-order valence-corrected chi connectivity index (χ0v) is 11.8. The van der Waals surface area contributed by atoms with Crippen LogP contribution >= 0.6 is 15.9 Å². The van der Waals surface area contributed by atoms with E-state index in [1.165, 1.54) is 12.1 Å². The smallest absolute Gasteiger partial charge is 0.254 e. The number of carbonyl (C=O) groups excluding carboxylic acids is 1. The van der Waals surface area contributed by atoms with Gasteiger partial charge in [-0.15, -0.1) is 0 Å². The van der Waals surface area contributed by atoms with Crippen LogP contribution in [0.1, 0.15) is 23.2 Å². The van der Waals surface area contributed by atoms with E-state index < -0.39 is 5.82 Å². The molecule has 98 valence electrons. The van der Waals surface area contributed by atoms with Gasteiger partial charge in [0.2, 0.25) is 0 Å². The van der Waals surface area contributed by atoms with Crippen molar-refractivity contribution in [3.63, 3.8) is 0 Å². The molecule has 5 heteroatoms. The van der Waals surface area contributed by atoms with Crippen molar-refractivity contribution >= 4 is 21.8 Å². The summed E-state index contributed by atoms with van der Waals surface area (Å²) in [6, 6.07) is 4.53. The van der Waals surface area contributed by atoms with Gasteiger partial charge in [0.25, 0.3) is 5.91 Å². The average Bonchev–Trinajstić information content (AvgIpc) is 2.75. The molecule has 3 nitrogen and oxygen atoms in total. The molecular formula is C13H16BrFN2O. The maximum Gasteiger partial charge on any atom is 0.254 e. The van der Waals surface area contributed by atoms with Crippen molar-refractivity contribution in [3.8, 4) is 0 Å². The third kappa shape index (κ3) is 2.90. The Kier molecular flexibility index (Phi) is 4.35. The molecule has 1 aliphatic rings. The first kappa shape index (κ1) is 13.5. The van der Waals surface area contributed by atoms with Gasteiger partial charge in [0.15, 0.2) is 0 Å². The Morgan fingerprint density at radius 3 is 3.00 bits per heavy atom. The van der Waals surface area contributed by atoms with Gasteiger partial charge in [-0.05, 0) is 38.1 Å². The maximum atomic E-state index is 13.3. The monoisotopic (exact) mass is 314 g/mol. The van der Waals surface area contributed by atoms with Crippen LogP contribution in [0.4, 0.5) is 4.39 Å². The molecule has 0 aromatic heterocycles. The zero-order valence-electron chi connectivity index (χ0n) is 10.2. The van der Waals surface area contributed by atoms with Crippen molar-refractivity contribution in [3.05, 3.63) is 34.1 Å². The van der Waals surface area contributed by atoms with Crippen LogP contribution in [0, 0.1) is 5.82 Å². The molecule has 1 aromatic carbocycles. The Labute approximate surface area is 114 Å². The van der Waals surface area contributed by atoms with Crippen LogP contribution in [0.15, 0.2) is 22.7 Å². The summed E-state index contributed by atoms with van der Waals surface area (Å²) >= 11 is 3.21. The van der Waals surface area contributed by atoms with Crippen molar-refractivity contribution < 1.29 is 9.18 Å². The zero-order chi connectivity index (χ0) is 13.1. The van der Waals surface area contributed by atoms with E-state index in [4.69, 9.17) is 0 Å². The van der Waals surface area contributed by atoms with Crippen molar-refractivity contribution in [2.24, 2.45) is 0 Å². The van der Waals surface area contributed by atoms with Crippen LogP contribution in [0.2, 0.25) is 0 Å². The minimum absolute atomic E-state index is 0.0899. The third-order valence-electron chi connectivity index (χ3n) is 3.19. The number of carbonyl (C=O) groups is 1. The Hall–Kier alpha value is -0.940. The van der Waals surface area contributed by atoms with E-state index in [1.807, 2.05) is 11.9 Å². The molecule has 1 heterocycles. The second-order valence-electron chi connectivity index (χ2n) is 4.51. The predicted octanol–water partition coefficient (Wildman–Crippen LogP) is 2.41. The molecule has 0 saturated carbocycles. The molecule has 0 aliphatic carbocycles. The normalized spacial score (nSPS) is 19.3. The minimum Gasteiger partial charge on any atom is -0.334 e. The van der Waals surface area contributed by atoms with E-state index >= 15 is 0 Å². The third-order valence-corrected chi connectivity index (χ3v) is 3.65. The van der Waals surface area contributed by atoms with Crippen molar-refractivity contribution in [2.45, 2.75) is 18.9 Å². The van der Waals surface area contributed by atoms with Gasteiger partial charge in [-0.25, -0.2) is 4.39 Å². The van der Waals surface area contributed by atoms with Gasteiger partial charge in [0.1, 0.15) is 5.82 Å². The fourth-order valence-corrected chi connectivity index (χ4v) is 2.86. The molecule has 1 N–H and O–H groups in total. The summed E-state index contributed by atoms with van der Waals surface area (Å²) in [5.41, 5.74) is 0.407. The Balaban J connectivity index is 2.19. The number of hydrogen-bond donors (Lipinski definition) is 1. The molecule has 1 fully saturated rings. The standard InChI is InChI=1S/C13H16BrFN2O/c1-16-8-12-3-2-4-17(12)13(18)9-5-10(14)7-11(15)6-9/h5-7,12,16H,2-4,8H2,1H3/t12-/m1/s1. The number of nitrogens with one attached hydrogen (secondary N) is 1. The lowest BCUT2D eigenvalue weighted by Gasteiger charge is -2.24. The number of likely N-dealkylation sites (N-methyl/N-ethyl adjacent to an activating group) is 1. The van der Waals surface area contributed by atoms with E-state index in [0.29, 0.717) is 10.0 Å². The van der Waals surface area contributed by atoms with E-state index in [9.17, 15) is 9.18 Å². The van der Waals surface area contributed by atoms with E-state index in [0.717, 1.165) is 25.9 Å². The van der Waals surface area contributed by atoms with Crippen molar-refractivity contribution in [1.82, 2.24) is 10.2 Å². The first-order valence-corrected chi connectivity index (χ1v) is 6.83. The minimum atomic E-state index is -0.392. The van der Waals surface area contributed by atoms with E-state index in [2.05, 4.69) is 21.2 Å². The molecule has 0 unspecified atom stereocenters. The van der Waals surface area contributed by atoms with E-state index in [1.54, 1.807) is 6.07 Å². The van der Waals surface area contributed by atoms with Gasteiger partial charge < -0.3 is 10.2 Å². The fraction of sp³-hybridized carbons (Fsp3) is 0.462. The van der Waals surface area contributed by atoms with Gasteiger partial charge in [-0.3, -0.25) is 4.79 Å². The van der Waals surface area contributed by atoms with Gasteiger partial charge in [-0.1, -0.05) is 15.9 Å². The second-order valence-corrected chi connectivity index (χ2v) is 5.43. The molecule has 0 bridgehead atoms. The lowest BCUT2D eigenvalue weighted by atomic mass is 10.1. The number of rotatable bonds is 3. The molecule has 1 amide bonds. The summed E-state index contributed by atoms with van der Waals surface area (Å²) in [4.78, 5) is 14.2. The van der Waals surface area contributed by atoms with Crippen LogP contribution in [-0.2, 0) is 0 Å². The second kappa shape index (κ2) is 5.80. The van der Waals surface area contributed by atoms with Crippen LogP contribution < -0.4 is 5.32 Å². The number of nitrogens with zero attached hydrogens (tertiary/aromatic N) is 1. The summed E-state index contributed by atoms with van der Waals surface area (Å²) < 4.78 is 13.9. The maximum absolute atomic E-state index is 13.3. The van der Waals surface area contributed by atoms with Gasteiger partial charge in [0.05, 0.1) is 0 Å². The Morgan fingerprint density at radius 2 is 2.33 bits per heavy atom. The number of likely N-dealkylation sites (tertiary alicyclic amines) is 1. The van der Waals surface area contributed by atoms with Crippen LogP contribution in [0.25, 0.3) is 0 Å². The highest BCUT2D eigenvalue weighted by molar-refractivity contribution is 9.10. The summed E-state index contributed by atoms with van der Waals surface area (Å²) in [6.45, 7) is 1.53. The van der Waals surface area contributed by atoms with Gasteiger partial charge in [-0.2, -0.15) is 0 Å². The molecule has 1 aliphatic heterocycles. The molecule has 1 saturated heterocycles. The lowest BCUT2D eigenvalue weighted by Crippen LogP contribution is -2.40. The highest BCUT2D eigenvalue weighted by Crippen LogP contribution is 2.22. The average molecular weight is 315 g/mol. The number of benzene rings is 1. The molecule has 18 heavy (non-hydrogen) atoms. The first-order valence-electron chi connectivity index (χ1n) is 6.03. The molecule has 1 atom stereocenters. The van der Waals surface area contributed by atoms with E-state index in [-0.39, 0.29) is 11.9 Å². The molecule has 1 aromatic rings. The lowest BCUT2D eigenvalue weighted by molar-refractivity contribution is 0.0736. The highest BCUT2D eigenvalue weighted by atomic mass is 79.9. The van der Waals surface area contributed by atoms with Gasteiger partial charge >= 0.3 is 0 Å². The molecule has 0 spiro atoms. The highest BCUT2D eigenvalue weighted by Gasteiger charge is 2.29. The summed E-state index contributed by atoms with van der Waals surface area (Å²) in [5, 5.41) is 3.09. The topological polar surface area (TPSA) is 32.3 Å². The first-order chi connectivity index (χ1) is 8.61. The quantitative estimate of drug-likeness (QED) is 0.929. The summed E-state index contributed by atoms with van der Waals surface area (Å²) in [5.74, 6) is -0.481. The largest absolute Gasteiger partial charge is 0.334 e. The summed E-state index contributed by atoms with van der Waals surface area (Å²) in [7, 11) is 1.87. The SMILES string of the molecule is CNC[C@H]1CCCN1C(=O)c1cc(F)cc(Br)c1. The van der Waals surface area contributed by atoms with Crippen LogP contribution in [-0.4, -0.2) is 37.0 Å². The summed E-state index contributed by atoms with van der Waals surface area (Å²) in [6.07, 6.45) is 2.01. The van der Waals surface area contributed by atoms with Crippen molar-refractivity contribution in [1.29, 1.82) is 0 Å². The molecular weight excluding hydrogens is 299 g/mol. The number of hydrogen-bond acceptors (Lipinski definition) is 2. The number of halogens is 2. The van der Waals surface area contributed by atoms with Crippen LogP contribution in [0.5, 0.6) is 0 Å². The van der Waals surface area contributed by atoms with Gasteiger partial charge in [0, 0.05) is 29.2 Å².